The summed E-state index contributed by atoms with van der Waals surface area (Å²) in [7, 11) is 1.71. The van der Waals surface area contributed by atoms with Gasteiger partial charge in [0.25, 0.3) is 0 Å². The van der Waals surface area contributed by atoms with Crippen LogP contribution >= 0.6 is 0 Å². The zero-order valence-corrected chi connectivity index (χ0v) is 15.1. The van der Waals surface area contributed by atoms with Gasteiger partial charge in [-0.1, -0.05) is 6.92 Å². The number of ether oxygens (including phenoxy) is 2. The van der Waals surface area contributed by atoms with Crippen LogP contribution in [-0.4, -0.2) is 42.5 Å². The van der Waals surface area contributed by atoms with Crippen molar-refractivity contribution in [3.63, 3.8) is 0 Å². The smallest absolute Gasteiger partial charge is 0.120 e. The summed E-state index contributed by atoms with van der Waals surface area (Å²) in [6.07, 6.45) is 2.13. The van der Waals surface area contributed by atoms with Gasteiger partial charge in [-0.3, -0.25) is 4.98 Å². The van der Waals surface area contributed by atoms with Gasteiger partial charge in [0.15, 0.2) is 0 Å². The quantitative estimate of drug-likeness (QED) is 0.793. The van der Waals surface area contributed by atoms with E-state index in [1.54, 1.807) is 7.11 Å². The van der Waals surface area contributed by atoms with Gasteiger partial charge in [-0.2, -0.15) is 0 Å². The molecule has 2 aromatic heterocycles. The lowest BCUT2D eigenvalue weighted by molar-refractivity contribution is -0.00797. The maximum atomic E-state index is 5.97. The van der Waals surface area contributed by atoms with Crippen molar-refractivity contribution in [1.82, 2.24) is 14.9 Å². The Hall–Kier alpha value is -2.11. The molecule has 3 aromatic rings. The zero-order chi connectivity index (χ0) is 17.4. The van der Waals surface area contributed by atoms with E-state index in [9.17, 15) is 0 Å². The van der Waals surface area contributed by atoms with E-state index in [-0.39, 0.29) is 6.10 Å². The summed E-state index contributed by atoms with van der Waals surface area (Å²) < 4.78 is 13.8. The fraction of sp³-hybridized carbons (Fsp3) is 0.450. The number of methoxy groups -OCH3 is 1. The van der Waals surface area contributed by atoms with E-state index in [2.05, 4.69) is 46.9 Å². The number of aromatic nitrogens is 2. The minimum atomic E-state index is 0.240. The van der Waals surface area contributed by atoms with E-state index < -0.39 is 0 Å². The Morgan fingerprint density at radius 2 is 2.24 bits per heavy atom. The second-order valence-corrected chi connectivity index (χ2v) is 6.88. The first-order valence-corrected chi connectivity index (χ1v) is 8.93. The first-order valence-electron chi connectivity index (χ1n) is 8.93. The van der Waals surface area contributed by atoms with Crippen molar-refractivity contribution in [2.24, 2.45) is 5.92 Å². The van der Waals surface area contributed by atoms with Crippen LogP contribution in [0.2, 0.25) is 0 Å². The van der Waals surface area contributed by atoms with Gasteiger partial charge in [0.05, 0.1) is 36.5 Å². The van der Waals surface area contributed by atoms with Gasteiger partial charge in [-0.15, -0.1) is 0 Å². The highest BCUT2D eigenvalue weighted by Crippen LogP contribution is 2.33. The van der Waals surface area contributed by atoms with Crippen LogP contribution in [0, 0.1) is 12.8 Å². The topological polar surface area (TPSA) is 48.3 Å². The van der Waals surface area contributed by atoms with E-state index in [4.69, 9.17) is 9.47 Å². The van der Waals surface area contributed by atoms with E-state index in [0.29, 0.717) is 5.92 Å². The predicted octanol–water partition coefficient (Wildman–Crippen LogP) is 3.13. The lowest BCUT2D eigenvalue weighted by Gasteiger charge is -2.29. The van der Waals surface area contributed by atoms with Crippen molar-refractivity contribution < 1.29 is 9.47 Å². The lowest BCUT2D eigenvalue weighted by atomic mass is 10.0. The second-order valence-electron chi connectivity index (χ2n) is 6.88. The number of pyridine rings is 1. The summed E-state index contributed by atoms with van der Waals surface area (Å²) in [4.78, 5) is 4.53. The number of hydrogen-bond donors (Lipinski definition) is 1. The van der Waals surface area contributed by atoms with E-state index in [0.717, 1.165) is 37.7 Å². The van der Waals surface area contributed by atoms with E-state index >= 15 is 0 Å². The van der Waals surface area contributed by atoms with E-state index in [1.807, 2.05) is 12.3 Å². The highest BCUT2D eigenvalue weighted by atomic mass is 16.5. The minimum absolute atomic E-state index is 0.240. The highest BCUT2D eigenvalue weighted by Gasteiger charge is 2.23. The van der Waals surface area contributed by atoms with Crippen molar-refractivity contribution >= 4 is 21.8 Å². The molecule has 1 fully saturated rings. The third kappa shape index (κ3) is 2.87. The average Bonchev–Trinajstić information content (AvgIpc) is 2.97. The van der Waals surface area contributed by atoms with Gasteiger partial charge >= 0.3 is 0 Å². The third-order valence-corrected chi connectivity index (χ3v) is 5.22. The molecular formula is C20H25N3O2. The molecule has 5 heteroatoms. The Balaban J connectivity index is 1.84. The van der Waals surface area contributed by atoms with Crippen molar-refractivity contribution in [3.8, 4) is 5.75 Å². The fourth-order valence-electron chi connectivity index (χ4n) is 3.87. The van der Waals surface area contributed by atoms with Crippen molar-refractivity contribution in [3.05, 3.63) is 36.2 Å². The van der Waals surface area contributed by atoms with Crippen molar-refractivity contribution in [1.29, 1.82) is 0 Å². The average molecular weight is 339 g/mol. The molecular weight excluding hydrogens is 314 g/mol. The first-order chi connectivity index (χ1) is 12.2. The van der Waals surface area contributed by atoms with Crippen LogP contribution in [0.4, 0.5) is 0 Å². The molecule has 1 aliphatic rings. The molecule has 5 nitrogen and oxygen atoms in total. The number of fused-ring (bicyclic) bond motifs is 3. The molecule has 1 aliphatic heterocycles. The molecule has 1 aromatic carbocycles. The number of morpholine rings is 1. The standard InChI is InChI=1S/C20H25N3O2/c1-13(19-11-21-8-9-25-19)12-23-18-10-15(24-3)4-5-16(18)17-6-7-22-14(2)20(17)23/h4-7,10,13,19,21H,8-9,11-12H2,1-3H3. The monoisotopic (exact) mass is 339 g/mol. The summed E-state index contributed by atoms with van der Waals surface area (Å²) in [6, 6.07) is 8.41. The van der Waals surface area contributed by atoms with Crippen LogP contribution in [0.15, 0.2) is 30.5 Å². The largest absolute Gasteiger partial charge is 0.497 e. The molecule has 2 atom stereocenters. The number of nitrogens with zero attached hydrogens (tertiary/aromatic N) is 2. The predicted molar refractivity (Wildman–Crippen MR) is 100 cm³/mol. The number of hydrogen-bond acceptors (Lipinski definition) is 4. The summed E-state index contributed by atoms with van der Waals surface area (Å²) >= 11 is 0. The van der Waals surface area contributed by atoms with Crippen LogP contribution in [0.3, 0.4) is 0 Å². The lowest BCUT2D eigenvalue weighted by Crippen LogP contribution is -2.43. The van der Waals surface area contributed by atoms with Crippen molar-refractivity contribution in [2.45, 2.75) is 26.5 Å². The molecule has 0 bridgehead atoms. The van der Waals surface area contributed by atoms with Crippen LogP contribution in [0.1, 0.15) is 12.6 Å². The fourth-order valence-corrected chi connectivity index (χ4v) is 3.87. The molecule has 25 heavy (non-hydrogen) atoms. The summed E-state index contributed by atoms with van der Waals surface area (Å²) in [5.74, 6) is 1.28. The van der Waals surface area contributed by atoms with Gasteiger partial charge < -0.3 is 19.4 Å². The molecule has 132 valence electrons. The normalized spacial score (nSPS) is 19.4. The van der Waals surface area contributed by atoms with Gasteiger partial charge in [0, 0.05) is 48.6 Å². The Labute approximate surface area is 147 Å². The summed E-state index contributed by atoms with van der Waals surface area (Å²) in [5.41, 5.74) is 3.46. The van der Waals surface area contributed by atoms with Gasteiger partial charge in [-0.05, 0) is 25.1 Å². The molecule has 1 N–H and O–H groups in total. The number of benzene rings is 1. The van der Waals surface area contributed by atoms with Crippen LogP contribution < -0.4 is 10.1 Å². The molecule has 3 heterocycles. The maximum absolute atomic E-state index is 5.97. The highest BCUT2D eigenvalue weighted by molar-refractivity contribution is 6.09. The molecule has 1 saturated heterocycles. The maximum Gasteiger partial charge on any atom is 0.120 e. The number of nitrogens with one attached hydrogen (secondary N) is 1. The van der Waals surface area contributed by atoms with Gasteiger partial charge in [0.1, 0.15) is 5.75 Å². The molecule has 0 radical (unpaired) electrons. The molecule has 0 amide bonds. The SMILES string of the molecule is COc1ccc2c3ccnc(C)c3n(CC(C)C3CNCCO3)c2c1. The first kappa shape index (κ1) is 16.4. The van der Waals surface area contributed by atoms with E-state index in [1.165, 1.54) is 21.8 Å². The Morgan fingerprint density at radius 3 is 3.00 bits per heavy atom. The summed E-state index contributed by atoms with van der Waals surface area (Å²) in [5, 5.41) is 5.93. The van der Waals surface area contributed by atoms with Crippen LogP contribution in [0.5, 0.6) is 5.75 Å². The minimum Gasteiger partial charge on any atom is -0.497 e. The van der Waals surface area contributed by atoms with Gasteiger partial charge in [0.2, 0.25) is 0 Å². The Bertz CT molecular complexity index is 897. The number of rotatable bonds is 4. The molecule has 0 aliphatic carbocycles. The van der Waals surface area contributed by atoms with Crippen LogP contribution in [-0.2, 0) is 11.3 Å². The van der Waals surface area contributed by atoms with Gasteiger partial charge in [-0.25, -0.2) is 0 Å². The molecule has 4 rings (SSSR count). The molecule has 0 saturated carbocycles. The second kappa shape index (κ2) is 6.65. The zero-order valence-electron chi connectivity index (χ0n) is 15.1. The Kier molecular flexibility index (Phi) is 4.36. The summed E-state index contributed by atoms with van der Waals surface area (Å²) in [6.45, 7) is 7.89. The number of aryl methyl sites for hydroxylation is 1. The van der Waals surface area contributed by atoms with Crippen molar-refractivity contribution in [2.75, 3.05) is 26.8 Å². The molecule has 0 spiro atoms. The third-order valence-electron chi connectivity index (χ3n) is 5.22. The molecule has 2 unspecified atom stereocenters. The Morgan fingerprint density at radius 1 is 1.36 bits per heavy atom. The van der Waals surface area contributed by atoms with Crippen LogP contribution in [0.25, 0.3) is 21.8 Å².